The first-order valence-corrected chi connectivity index (χ1v) is 10.0. The molecule has 0 amide bonds. The van der Waals surface area contributed by atoms with Gasteiger partial charge in [0.1, 0.15) is 29.8 Å². The number of aliphatic hydroxyl groups is 4. The first-order chi connectivity index (χ1) is 14.1. The number of hydrogen-bond donors (Lipinski definition) is 4. The van der Waals surface area contributed by atoms with E-state index in [1.54, 1.807) is 31.2 Å². The van der Waals surface area contributed by atoms with Gasteiger partial charge in [-0.3, -0.25) is 0 Å². The molecule has 0 bridgehead atoms. The summed E-state index contributed by atoms with van der Waals surface area (Å²) >= 11 is 12.2. The van der Waals surface area contributed by atoms with E-state index in [-0.39, 0.29) is 0 Å². The lowest BCUT2D eigenvalue weighted by atomic mass is 9.88. The standard InChI is InChI=1S/C21H24Cl2O7/c1-10-6-11(12-7-13(22)14(23)8-16(12)28-3)4-5-15(10)29-20-21(2,27)19(26)18(25)17(9-24)30-20/h4-8,17-20,24-27H,9H2,1-3H3/t17-,18-,19+,20+,21+/m1/s1. The molecule has 4 N–H and O–H groups in total. The van der Waals surface area contributed by atoms with Crippen LogP contribution in [0.3, 0.4) is 0 Å². The van der Waals surface area contributed by atoms with Crippen LogP contribution in [0.4, 0.5) is 0 Å². The van der Waals surface area contributed by atoms with Crippen molar-refractivity contribution in [2.45, 2.75) is 44.1 Å². The maximum atomic E-state index is 10.6. The van der Waals surface area contributed by atoms with Crippen LogP contribution in [0.2, 0.25) is 10.0 Å². The quantitative estimate of drug-likeness (QED) is 0.544. The molecule has 0 unspecified atom stereocenters. The molecule has 2 aromatic carbocycles. The van der Waals surface area contributed by atoms with Crippen LogP contribution in [-0.2, 0) is 4.74 Å². The highest BCUT2D eigenvalue weighted by atomic mass is 35.5. The number of methoxy groups -OCH3 is 1. The third-order valence-electron chi connectivity index (χ3n) is 5.22. The van der Waals surface area contributed by atoms with E-state index in [2.05, 4.69) is 0 Å². The molecule has 1 aliphatic heterocycles. The summed E-state index contributed by atoms with van der Waals surface area (Å²) in [6.07, 6.45) is -5.41. The summed E-state index contributed by atoms with van der Waals surface area (Å²) in [6.45, 7) is 2.56. The fourth-order valence-electron chi connectivity index (χ4n) is 3.35. The smallest absolute Gasteiger partial charge is 0.231 e. The van der Waals surface area contributed by atoms with E-state index in [1.165, 1.54) is 14.0 Å². The van der Waals surface area contributed by atoms with Crippen LogP contribution < -0.4 is 9.47 Å². The van der Waals surface area contributed by atoms with Crippen molar-refractivity contribution in [2.24, 2.45) is 0 Å². The molecular formula is C21H24Cl2O7. The van der Waals surface area contributed by atoms with Gasteiger partial charge in [-0.15, -0.1) is 0 Å². The van der Waals surface area contributed by atoms with Gasteiger partial charge in [0.25, 0.3) is 0 Å². The van der Waals surface area contributed by atoms with Gasteiger partial charge in [0.15, 0.2) is 5.60 Å². The Morgan fingerprint density at radius 1 is 1.10 bits per heavy atom. The Kier molecular flexibility index (Phi) is 6.84. The Morgan fingerprint density at radius 3 is 2.37 bits per heavy atom. The van der Waals surface area contributed by atoms with Crippen LogP contribution in [0.15, 0.2) is 30.3 Å². The fraction of sp³-hybridized carbons (Fsp3) is 0.429. The average molecular weight is 459 g/mol. The molecule has 5 atom stereocenters. The van der Waals surface area contributed by atoms with Crippen molar-refractivity contribution in [3.8, 4) is 22.6 Å². The van der Waals surface area contributed by atoms with E-state index in [0.29, 0.717) is 27.1 Å². The summed E-state index contributed by atoms with van der Waals surface area (Å²) < 4.78 is 16.7. The van der Waals surface area contributed by atoms with Crippen molar-refractivity contribution >= 4 is 23.2 Å². The minimum Gasteiger partial charge on any atom is -0.496 e. The molecule has 30 heavy (non-hydrogen) atoms. The third-order valence-corrected chi connectivity index (χ3v) is 5.94. The van der Waals surface area contributed by atoms with Crippen molar-refractivity contribution in [1.29, 1.82) is 0 Å². The number of aliphatic hydroxyl groups excluding tert-OH is 3. The van der Waals surface area contributed by atoms with Crippen molar-refractivity contribution in [1.82, 2.24) is 0 Å². The second kappa shape index (κ2) is 8.88. The van der Waals surface area contributed by atoms with Crippen LogP contribution in [0.1, 0.15) is 12.5 Å². The first kappa shape index (κ1) is 23.1. The van der Waals surface area contributed by atoms with E-state index in [1.807, 2.05) is 6.07 Å². The first-order valence-electron chi connectivity index (χ1n) is 9.25. The van der Waals surface area contributed by atoms with Crippen molar-refractivity contribution in [3.63, 3.8) is 0 Å². The lowest BCUT2D eigenvalue weighted by Crippen LogP contribution is -2.66. The van der Waals surface area contributed by atoms with Gasteiger partial charge in [0.2, 0.25) is 6.29 Å². The van der Waals surface area contributed by atoms with E-state index < -0.39 is 36.8 Å². The Hall–Kier alpha value is -1.58. The second-order valence-corrected chi connectivity index (χ2v) is 8.23. The maximum absolute atomic E-state index is 10.6. The van der Waals surface area contributed by atoms with Crippen molar-refractivity contribution in [2.75, 3.05) is 13.7 Å². The lowest BCUT2D eigenvalue weighted by molar-refractivity contribution is -0.314. The number of ether oxygens (including phenoxy) is 3. The van der Waals surface area contributed by atoms with Crippen molar-refractivity contribution < 1.29 is 34.6 Å². The summed E-state index contributed by atoms with van der Waals surface area (Å²) in [6, 6.07) is 8.63. The van der Waals surface area contributed by atoms with E-state index in [0.717, 1.165) is 11.1 Å². The molecule has 1 heterocycles. The maximum Gasteiger partial charge on any atom is 0.231 e. The Morgan fingerprint density at radius 2 is 1.77 bits per heavy atom. The number of rotatable bonds is 5. The predicted octanol–water partition coefficient (Wildman–Crippen LogP) is 2.55. The largest absolute Gasteiger partial charge is 0.496 e. The van der Waals surface area contributed by atoms with Crippen LogP contribution in [0.5, 0.6) is 11.5 Å². The Bertz CT molecular complexity index is 918. The van der Waals surface area contributed by atoms with E-state index >= 15 is 0 Å². The minimum atomic E-state index is -1.90. The van der Waals surface area contributed by atoms with Gasteiger partial charge in [-0.1, -0.05) is 29.3 Å². The predicted molar refractivity (Wildman–Crippen MR) is 112 cm³/mol. The minimum absolute atomic E-state index is 0.379. The molecule has 164 valence electrons. The molecular weight excluding hydrogens is 435 g/mol. The monoisotopic (exact) mass is 458 g/mol. The van der Waals surface area contributed by atoms with Crippen molar-refractivity contribution in [3.05, 3.63) is 45.9 Å². The van der Waals surface area contributed by atoms with Crippen LogP contribution in [-0.4, -0.2) is 64.3 Å². The summed E-state index contributed by atoms with van der Waals surface area (Å²) in [7, 11) is 1.53. The molecule has 1 aliphatic rings. The Labute approximate surface area is 184 Å². The highest BCUT2D eigenvalue weighted by Crippen LogP contribution is 2.39. The summed E-state index contributed by atoms with van der Waals surface area (Å²) in [5, 5.41) is 41.0. The topological polar surface area (TPSA) is 109 Å². The van der Waals surface area contributed by atoms with Crippen LogP contribution >= 0.6 is 23.2 Å². The van der Waals surface area contributed by atoms with E-state index in [9.17, 15) is 20.4 Å². The van der Waals surface area contributed by atoms with E-state index in [4.69, 9.17) is 37.4 Å². The number of benzene rings is 2. The van der Waals surface area contributed by atoms with Gasteiger partial charge in [-0.2, -0.15) is 0 Å². The normalized spacial score (nSPS) is 29.0. The fourth-order valence-corrected chi connectivity index (χ4v) is 3.67. The molecule has 0 aliphatic carbocycles. The van der Waals surface area contributed by atoms with Gasteiger partial charge in [-0.25, -0.2) is 0 Å². The van der Waals surface area contributed by atoms with Gasteiger partial charge < -0.3 is 34.6 Å². The molecule has 0 spiro atoms. The number of aryl methyl sites for hydroxylation is 1. The molecule has 3 rings (SSSR count). The number of halogens is 2. The summed E-state index contributed by atoms with van der Waals surface area (Å²) in [4.78, 5) is 0. The van der Waals surface area contributed by atoms with Gasteiger partial charge in [0, 0.05) is 11.6 Å². The van der Waals surface area contributed by atoms with Crippen LogP contribution in [0, 0.1) is 6.92 Å². The molecule has 1 fully saturated rings. The zero-order chi connectivity index (χ0) is 22.2. The summed E-state index contributed by atoms with van der Waals surface area (Å²) in [5.41, 5.74) is 0.348. The molecule has 0 aromatic heterocycles. The molecule has 2 aromatic rings. The number of hydrogen-bond acceptors (Lipinski definition) is 7. The zero-order valence-corrected chi connectivity index (χ0v) is 18.2. The second-order valence-electron chi connectivity index (χ2n) is 7.42. The summed E-state index contributed by atoms with van der Waals surface area (Å²) in [5.74, 6) is 0.947. The third kappa shape index (κ3) is 4.24. The molecule has 7 nitrogen and oxygen atoms in total. The zero-order valence-electron chi connectivity index (χ0n) is 16.7. The highest BCUT2D eigenvalue weighted by Gasteiger charge is 2.53. The molecule has 0 radical (unpaired) electrons. The molecule has 9 heteroatoms. The average Bonchev–Trinajstić information content (AvgIpc) is 2.71. The van der Waals surface area contributed by atoms with Gasteiger partial charge >= 0.3 is 0 Å². The lowest BCUT2D eigenvalue weighted by Gasteiger charge is -2.45. The van der Waals surface area contributed by atoms with Crippen LogP contribution in [0.25, 0.3) is 11.1 Å². The Balaban J connectivity index is 1.90. The SMILES string of the molecule is COc1cc(Cl)c(Cl)cc1-c1ccc(O[C@H]2O[C@H](CO)[C@@H](O)[C@H](O)[C@]2(C)O)c(C)c1. The van der Waals surface area contributed by atoms with Gasteiger partial charge in [-0.05, 0) is 43.2 Å². The molecule has 1 saturated heterocycles. The molecule has 0 saturated carbocycles. The highest BCUT2D eigenvalue weighted by molar-refractivity contribution is 6.42. The van der Waals surface area contributed by atoms with Gasteiger partial charge in [0.05, 0.1) is 23.8 Å².